The molecule has 6 N–H and O–H groups in total. The molecule has 1 aromatic carbocycles. The molecule has 21 heteroatoms. The van der Waals surface area contributed by atoms with Gasteiger partial charge in [-0.15, -0.1) is 23.1 Å². The minimum absolute atomic E-state index is 0.00225. The molecule has 2 aliphatic heterocycles. The summed E-state index contributed by atoms with van der Waals surface area (Å²) in [5, 5.41) is 32.1. The topological polar surface area (TPSA) is 205 Å². The number of rotatable bonds is 7. The largest absolute Gasteiger partial charge is 0.490 e. The van der Waals surface area contributed by atoms with Crippen LogP contribution < -0.4 is 15.8 Å². The van der Waals surface area contributed by atoms with Crippen molar-refractivity contribution >= 4 is 57.7 Å². The number of halogens is 6. The maximum atomic E-state index is 12.9. The summed E-state index contributed by atoms with van der Waals surface area (Å²) in [5.41, 5.74) is 3.92. The van der Waals surface area contributed by atoms with Gasteiger partial charge in [-0.25, -0.2) is 14.6 Å². The first-order chi connectivity index (χ1) is 19.9. The van der Waals surface area contributed by atoms with Gasteiger partial charge in [0.15, 0.2) is 10.8 Å². The van der Waals surface area contributed by atoms with Gasteiger partial charge < -0.3 is 31.2 Å². The fourth-order valence-corrected chi connectivity index (χ4v) is 5.42. The zero-order valence-electron chi connectivity index (χ0n) is 20.8. The number of nitrogen functional groups attached to an aromatic ring is 1. The molecule has 0 spiro atoms. The molecule has 43 heavy (non-hydrogen) atoms. The van der Waals surface area contributed by atoms with Crippen molar-refractivity contribution in [1.29, 1.82) is 0 Å². The molecule has 2 aliphatic rings. The highest BCUT2D eigenvalue weighted by Gasteiger charge is 2.54. The minimum atomic E-state index is -5.08. The number of anilines is 1. The molecule has 1 aromatic heterocycles. The third kappa shape index (κ3) is 7.66. The second-order valence-electron chi connectivity index (χ2n) is 8.26. The molecule has 1 fully saturated rings. The number of ether oxygens (including phenoxy) is 1. The van der Waals surface area contributed by atoms with Gasteiger partial charge in [0, 0.05) is 16.7 Å². The third-order valence-corrected chi connectivity index (χ3v) is 7.45. The van der Waals surface area contributed by atoms with E-state index in [1.54, 1.807) is 0 Å². The van der Waals surface area contributed by atoms with Crippen molar-refractivity contribution in [2.45, 2.75) is 23.8 Å². The first-order valence-corrected chi connectivity index (χ1v) is 13.1. The van der Waals surface area contributed by atoms with E-state index in [1.165, 1.54) is 11.4 Å². The molecule has 2 aromatic rings. The molecular weight excluding hydrogens is 640 g/mol. The normalized spacial score (nSPS) is 18.6. The summed E-state index contributed by atoms with van der Waals surface area (Å²) in [4.78, 5) is 51.0. The second-order valence-corrected chi connectivity index (χ2v) is 10.2. The Morgan fingerprint density at radius 1 is 1.19 bits per heavy atom. The van der Waals surface area contributed by atoms with Crippen molar-refractivity contribution in [1.82, 2.24) is 15.2 Å². The Morgan fingerprint density at radius 3 is 2.35 bits per heavy atom. The molecule has 3 heterocycles. The van der Waals surface area contributed by atoms with Crippen LogP contribution in [0.4, 0.5) is 31.5 Å². The van der Waals surface area contributed by atoms with E-state index in [0.717, 1.165) is 46.2 Å². The van der Waals surface area contributed by atoms with Gasteiger partial charge >= 0.3 is 24.3 Å². The van der Waals surface area contributed by atoms with Gasteiger partial charge in [0.25, 0.3) is 11.8 Å². The van der Waals surface area contributed by atoms with Crippen LogP contribution in [0, 0.1) is 0 Å². The number of carboxylic acids is 2. The number of carbonyl (C=O) groups excluding carboxylic acids is 2. The number of aliphatic carboxylic acids is 2. The zero-order chi connectivity index (χ0) is 32.3. The number of thioether (sulfide) groups is 1. The van der Waals surface area contributed by atoms with E-state index in [4.69, 9.17) is 20.4 Å². The summed E-state index contributed by atoms with van der Waals surface area (Å²) < 4.78 is 75.9. The first-order valence-electron chi connectivity index (χ1n) is 11.2. The Hall–Kier alpha value is -4.53. The molecule has 1 unspecified atom stereocenters. The summed E-state index contributed by atoms with van der Waals surface area (Å²) in [5.74, 6) is -5.88. The van der Waals surface area contributed by atoms with Crippen LogP contribution in [-0.2, 0) is 25.4 Å². The number of benzene rings is 1. The van der Waals surface area contributed by atoms with Crippen molar-refractivity contribution in [2.75, 3.05) is 18.1 Å². The van der Waals surface area contributed by atoms with Crippen molar-refractivity contribution < 1.29 is 65.7 Å². The fourth-order valence-electron chi connectivity index (χ4n) is 3.55. The van der Waals surface area contributed by atoms with Crippen molar-refractivity contribution in [3.8, 4) is 5.75 Å². The molecule has 0 aliphatic carbocycles. The van der Waals surface area contributed by atoms with Gasteiger partial charge in [0.1, 0.15) is 35.2 Å². The predicted molar refractivity (Wildman–Crippen MR) is 135 cm³/mol. The Bertz CT molecular complexity index is 1490. The van der Waals surface area contributed by atoms with E-state index in [1.807, 2.05) is 0 Å². The fraction of sp³-hybridized carbons (Fsp3) is 0.273. The van der Waals surface area contributed by atoms with Crippen LogP contribution >= 0.6 is 23.1 Å². The Labute approximate surface area is 243 Å². The number of thiazole rings is 1. The van der Waals surface area contributed by atoms with Crippen LogP contribution in [0.5, 0.6) is 5.75 Å². The van der Waals surface area contributed by atoms with E-state index < -0.39 is 58.8 Å². The number of amides is 2. The maximum absolute atomic E-state index is 12.9. The first kappa shape index (κ1) is 33.0. The number of alkyl halides is 6. The number of β-lactam (4-membered cyclic amide) rings is 1. The lowest BCUT2D eigenvalue weighted by atomic mass is 10.0. The average molecular weight is 658 g/mol. The number of carboxylic acid groups (broad SMARTS) is 2. The maximum Gasteiger partial charge on any atom is 0.490 e. The number of nitrogens with zero attached hydrogens (tertiary/aromatic N) is 3. The van der Waals surface area contributed by atoms with Gasteiger partial charge in [0.05, 0.1) is 5.56 Å². The minimum Gasteiger partial charge on any atom is -0.489 e. The number of carbonyl (C=O) groups is 4. The number of hydrogen-bond acceptors (Lipinski definition) is 11. The lowest BCUT2D eigenvalue weighted by Crippen LogP contribution is -2.71. The molecule has 4 rings (SSSR count). The number of nitrogens with two attached hydrogens (primary N) is 1. The summed E-state index contributed by atoms with van der Waals surface area (Å²) in [6.07, 6.45) is -9.66. The lowest BCUT2D eigenvalue weighted by molar-refractivity contribution is -0.192. The second kappa shape index (κ2) is 12.8. The van der Waals surface area contributed by atoms with Crippen LogP contribution in [0.15, 0.2) is 46.1 Å². The van der Waals surface area contributed by atoms with Gasteiger partial charge in [-0.1, -0.05) is 11.2 Å². The molecule has 2 atom stereocenters. The summed E-state index contributed by atoms with van der Waals surface area (Å²) >= 11 is 2.14. The predicted octanol–water partition coefficient (Wildman–Crippen LogP) is 2.37. The Morgan fingerprint density at radius 2 is 1.84 bits per heavy atom. The monoisotopic (exact) mass is 657 g/mol. The molecule has 13 nitrogen and oxygen atoms in total. The molecule has 0 saturated carbocycles. The van der Waals surface area contributed by atoms with Crippen molar-refractivity contribution in [2.24, 2.45) is 5.16 Å². The quantitative estimate of drug-likeness (QED) is 0.0961. The molecule has 0 bridgehead atoms. The Balaban J connectivity index is 0.000000646. The van der Waals surface area contributed by atoms with Crippen molar-refractivity contribution in [3.63, 3.8) is 0 Å². The number of fused-ring (bicyclic) bond motifs is 1. The SMILES string of the molecule is Nc1nc(/C(=N/O)C(=O)NC2C(=O)N3C(C(=O)O)=C(COc4cccc(C(F)(F)F)c4)CS[C@H]23)cs1.O=C(O)C(F)(F)F. The van der Waals surface area contributed by atoms with Gasteiger partial charge in [0.2, 0.25) is 0 Å². The number of aromatic nitrogens is 1. The van der Waals surface area contributed by atoms with Crippen molar-refractivity contribution in [3.05, 3.63) is 52.2 Å². The molecule has 232 valence electrons. The van der Waals surface area contributed by atoms with E-state index in [0.29, 0.717) is 0 Å². The molecule has 2 amide bonds. The highest BCUT2D eigenvalue weighted by molar-refractivity contribution is 8.00. The summed E-state index contributed by atoms with van der Waals surface area (Å²) in [6.45, 7) is -0.365. The van der Waals surface area contributed by atoms with Crippen LogP contribution in [-0.4, -0.2) is 84.7 Å². The van der Waals surface area contributed by atoms with Gasteiger partial charge in [-0.2, -0.15) is 26.3 Å². The van der Waals surface area contributed by atoms with E-state index >= 15 is 0 Å². The number of nitrogens with one attached hydrogen (secondary N) is 1. The molecular formula is C22H17F6N5O8S2. The van der Waals surface area contributed by atoms with Gasteiger partial charge in [-0.3, -0.25) is 14.5 Å². The van der Waals surface area contributed by atoms with Crippen LogP contribution in [0.2, 0.25) is 0 Å². The zero-order valence-corrected chi connectivity index (χ0v) is 22.5. The highest BCUT2D eigenvalue weighted by atomic mass is 32.2. The smallest absolute Gasteiger partial charge is 0.489 e. The third-order valence-electron chi connectivity index (χ3n) is 5.43. The number of oxime groups is 1. The highest BCUT2D eigenvalue weighted by Crippen LogP contribution is 2.40. The van der Waals surface area contributed by atoms with Gasteiger partial charge in [-0.05, 0) is 18.2 Å². The van der Waals surface area contributed by atoms with E-state index in [-0.39, 0.29) is 40.2 Å². The van der Waals surface area contributed by atoms with Crippen LogP contribution in [0.3, 0.4) is 0 Å². The van der Waals surface area contributed by atoms with E-state index in [2.05, 4.69) is 15.5 Å². The summed E-state index contributed by atoms with van der Waals surface area (Å²) in [6, 6.07) is 3.00. The van der Waals surface area contributed by atoms with E-state index in [9.17, 15) is 51.0 Å². The number of hydrogen-bond donors (Lipinski definition) is 5. The molecule has 0 radical (unpaired) electrons. The standard InChI is InChI=1S/C20H16F3N5O6S2.C2HF3O2/c21-20(22,23)9-2-1-3-10(4-9)34-5-8-6-35-17-13(16(30)28(17)14(8)18(31)32)26-15(29)12(27-33)11-7-36-19(24)25-11;3-2(4,5)1(6)7/h1-4,7,13,17,33H,5-6H2,(H2,24,25)(H,26,29)(H,31,32);(H,6,7)/b27-12-;/t13?,17-;/m1./s1. The molecule has 1 saturated heterocycles. The van der Waals surface area contributed by atoms with Crippen LogP contribution in [0.1, 0.15) is 11.3 Å². The summed E-state index contributed by atoms with van der Waals surface area (Å²) in [7, 11) is 0. The lowest BCUT2D eigenvalue weighted by Gasteiger charge is -2.49. The average Bonchev–Trinajstić information content (AvgIpc) is 3.35. The Kier molecular flexibility index (Phi) is 9.79. The van der Waals surface area contributed by atoms with Crippen LogP contribution in [0.25, 0.3) is 0 Å².